The van der Waals surface area contributed by atoms with Crippen molar-refractivity contribution in [2.24, 2.45) is 0 Å². The summed E-state index contributed by atoms with van der Waals surface area (Å²) < 4.78 is 0. The summed E-state index contributed by atoms with van der Waals surface area (Å²) in [6.07, 6.45) is 0. The third-order valence-electron chi connectivity index (χ3n) is 13.6. The fourth-order valence-electron chi connectivity index (χ4n) is 10.4. The first-order chi connectivity index (χ1) is 32.0. The first-order valence-electron chi connectivity index (χ1n) is 22.6. The van der Waals surface area contributed by atoms with Crippen molar-refractivity contribution in [3.8, 4) is 33.4 Å². The van der Waals surface area contributed by atoms with E-state index in [1.165, 1.54) is 81.8 Å². The lowest BCUT2D eigenvalue weighted by molar-refractivity contribution is 1.29. The summed E-state index contributed by atoms with van der Waals surface area (Å²) in [5, 5.41) is 10.7. The molecular formula is C62H46N2Si. The quantitative estimate of drug-likeness (QED) is 0.111. The molecule has 0 spiro atoms. The second kappa shape index (κ2) is 15.7. The van der Waals surface area contributed by atoms with Crippen molar-refractivity contribution < 1.29 is 0 Å². The van der Waals surface area contributed by atoms with Gasteiger partial charge in [0.15, 0.2) is 0 Å². The molecule has 0 amide bonds. The molecule has 1 aliphatic heterocycles. The summed E-state index contributed by atoms with van der Waals surface area (Å²) in [6, 6.07) is 89.3. The van der Waals surface area contributed by atoms with E-state index in [9.17, 15) is 0 Å². The molecule has 0 N–H and O–H groups in total. The van der Waals surface area contributed by atoms with Crippen LogP contribution in [0.5, 0.6) is 0 Å². The van der Waals surface area contributed by atoms with Crippen molar-refractivity contribution in [1.29, 1.82) is 0 Å². The Bertz CT molecular complexity index is 3410. The number of para-hydroxylation sites is 2. The molecule has 0 aromatic heterocycles. The number of fused-ring (bicyclic) bond motifs is 6. The average Bonchev–Trinajstić information content (AvgIpc) is 3.37. The molecule has 0 radical (unpaired) electrons. The maximum Gasteiger partial charge on any atom is 0.113 e. The van der Waals surface area contributed by atoms with Crippen LogP contribution in [0.3, 0.4) is 0 Å². The Balaban J connectivity index is 1.05. The summed E-state index contributed by atoms with van der Waals surface area (Å²) in [6.45, 7) is 5.09. The number of hydrogen-bond acceptors (Lipinski definition) is 2. The van der Waals surface area contributed by atoms with Crippen LogP contribution in [-0.4, -0.2) is 8.07 Å². The number of anilines is 6. The molecule has 11 aromatic rings. The maximum absolute atomic E-state index is 2.55. The number of hydrogen-bond donors (Lipinski definition) is 0. The fourth-order valence-corrected chi connectivity index (χ4v) is 13.5. The Kier molecular flexibility index (Phi) is 9.32. The van der Waals surface area contributed by atoms with Gasteiger partial charge in [0.05, 0.1) is 5.69 Å². The SMILES string of the molecule is C[Si]1(C)c2cc(N(c3ccc(-c4ccccc4)cc3)c3ccc(-c4ccccc4)cc3)ccc2-c2cc3c4ccccc4c(N(c4ccccc4)c4ccccc4)cc3c3cccc1c23. The van der Waals surface area contributed by atoms with Gasteiger partial charge in [-0.15, -0.1) is 0 Å². The summed E-state index contributed by atoms with van der Waals surface area (Å²) in [4.78, 5) is 4.86. The summed E-state index contributed by atoms with van der Waals surface area (Å²) in [5.41, 5.74) is 14.4. The topological polar surface area (TPSA) is 6.48 Å². The second-order valence-corrected chi connectivity index (χ2v) is 22.0. The fraction of sp³-hybridized carbons (Fsp3) is 0.0323. The molecule has 0 unspecified atom stereocenters. The Morgan fingerprint density at radius 2 is 0.723 bits per heavy atom. The molecule has 308 valence electrons. The molecule has 0 fully saturated rings. The molecule has 0 bridgehead atoms. The van der Waals surface area contributed by atoms with E-state index in [0.717, 1.165) is 28.4 Å². The van der Waals surface area contributed by atoms with Crippen LogP contribution in [-0.2, 0) is 0 Å². The standard InChI is InChI=1S/C62H46N2Si/c1-65(2)60-29-17-28-55-57-42-59(64(47-22-11-5-12-23-47)48-24-13-6-14-25-48)53-27-16-15-26-52(53)56(57)41-58(62(55)60)54-39-38-51(40-61(54)65)63(49-34-30-45(31-35-49)43-18-7-3-8-19-43)50-36-32-46(33-37-50)44-20-9-4-10-21-44/h3-42H,1-2H3. The van der Waals surface area contributed by atoms with Crippen LogP contribution in [0.2, 0.25) is 13.1 Å². The lowest BCUT2D eigenvalue weighted by Gasteiger charge is -2.36. The highest BCUT2D eigenvalue weighted by Crippen LogP contribution is 2.47. The van der Waals surface area contributed by atoms with Gasteiger partial charge in [-0.3, -0.25) is 0 Å². The Morgan fingerprint density at radius 1 is 0.277 bits per heavy atom. The average molecular weight is 847 g/mol. The normalized spacial score (nSPS) is 12.6. The highest BCUT2D eigenvalue weighted by molar-refractivity contribution is 7.03. The van der Waals surface area contributed by atoms with E-state index in [1.807, 2.05) is 0 Å². The number of benzene rings is 11. The summed E-state index contributed by atoms with van der Waals surface area (Å²) >= 11 is 0. The molecular weight excluding hydrogens is 801 g/mol. The molecule has 3 heteroatoms. The van der Waals surface area contributed by atoms with Gasteiger partial charge in [0.2, 0.25) is 0 Å². The van der Waals surface area contributed by atoms with Gasteiger partial charge in [-0.2, -0.15) is 0 Å². The van der Waals surface area contributed by atoms with Crippen LogP contribution in [0, 0.1) is 0 Å². The Labute approximate surface area is 382 Å². The first-order valence-corrected chi connectivity index (χ1v) is 25.6. The zero-order chi connectivity index (χ0) is 43.5. The van der Waals surface area contributed by atoms with Gasteiger partial charge in [-0.25, -0.2) is 0 Å². The zero-order valence-corrected chi connectivity index (χ0v) is 37.5. The van der Waals surface area contributed by atoms with Crippen LogP contribution in [0.25, 0.3) is 65.7 Å². The molecule has 0 aliphatic carbocycles. The summed E-state index contributed by atoms with van der Waals surface area (Å²) in [7, 11) is -2.27. The van der Waals surface area contributed by atoms with Crippen molar-refractivity contribution in [1.82, 2.24) is 0 Å². The van der Waals surface area contributed by atoms with Crippen molar-refractivity contribution in [3.05, 3.63) is 243 Å². The van der Waals surface area contributed by atoms with Gasteiger partial charge >= 0.3 is 0 Å². The molecule has 11 aromatic carbocycles. The van der Waals surface area contributed by atoms with E-state index >= 15 is 0 Å². The van der Waals surface area contributed by atoms with E-state index in [4.69, 9.17) is 0 Å². The lowest BCUT2D eigenvalue weighted by Crippen LogP contribution is -2.56. The minimum atomic E-state index is -2.27. The van der Waals surface area contributed by atoms with E-state index in [2.05, 4.69) is 266 Å². The highest BCUT2D eigenvalue weighted by Gasteiger charge is 2.37. The van der Waals surface area contributed by atoms with Gasteiger partial charge in [0, 0.05) is 33.8 Å². The van der Waals surface area contributed by atoms with Crippen LogP contribution >= 0.6 is 0 Å². The van der Waals surface area contributed by atoms with Crippen LogP contribution in [0.15, 0.2) is 243 Å². The van der Waals surface area contributed by atoms with Crippen LogP contribution in [0.1, 0.15) is 0 Å². The predicted molar refractivity (Wildman–Crippen MR) is 281 cm³/mol. The minimum Gasteiger partial charge on any atom is -0.311 e. The number of rotatable bonds is 8. The van der Waals surface area contributed by atoms with Crippen molar-refractivity contribution in [2.75, 3.05) is 9.80 Å². The van der Waals surface area contributed by atoms with E-state index < -0.39 is 8.07 Å². The van der Waals surface area contributed by atoms with Crippen molar-refractivity contribution in [3.63, 3.8) is 0 Å². The van der Waals surface area contributed by atoms with Gasteiger partial charge < -0.3 is 9.80 Å². The summed E-state index contributed by atoms with van der Waals surface area (Å²) in [5.74, 6) is 0. The molecule has 2 nitrogen and oxygen atoms in total. The molecule has 1 aliphatic rings. The second-order valence-electron chi connectivity index (χ2n) is 17.7. The van der Waals surface area contributed by atoms with Crippen molar-refractivity contribution >= 4 is 84.9 Å². The van der Waals surface area contributed by atoms with Gasteiger partial charge in [-0.05, 0) is 143 Å². The minimum absolute atomic E-state index is 1.13. The van der Waals surface area contributed by atoms with E-state index in [-0.39, 0.29) is 0 Å². The lowest BCUT2D eigenvalue weighted by atomic mass is 9.89. The monoisotopic (exact) mass is 846 g/mol. The first kappa shape index (κ1) is 38.7. The predicted octanol–water partition coefficient (Wildman–Crippen LogP) is 16.2. The zero-order valence-electron chi connectivity index (χ0n) is 36.5. The molecule has 1 heterocycles. The third-order valence-corrected chi connectivity index (χ3v) is 17.1. The third kappa shape index (κ3) is 6.55. The smallest absolute Gasteiger partial charge is 0.113 e. The van der Waals surface area contributed by atoms with Crippen molar-refractivity contribution in [2.45, 2.75) is 13.1 Å². The number of nitrogens with zero attached hydrogens (tertiary/aromatic N) is 2. The maximum atomic E-state index is 2.55. The van der Waals surface area contributed by atoms with Gasteiger partial charge in [0.25, 0.3) is 0 Å². The molecule has 0 atom stereocenters. The largest absolute Gasteiger partial charge is 0.311 e. The Hall–Kier alpha value is -7.98. The molecule has 0 saturated heterocycles. The van der Waals surface area contributed by atoms with Crippen LogP contribution in [0.4, 0.5) is 34.1 Å². The van der Waals surface area contributed by atoms with E-state index in [1.54, 1.807) is 0 Å². The Morgan fingerprint density at radius 3 is 1.29 bits per heavy atom. The molecule has 12 rings (SSSR count). The van der Waals surface area contributed by atoms with Gasteiger partial charge in [-0.1, -0.05) is 183 Å². The molecule has 65 heavy (non-hydrogen) atoms. The van der Waals surface area contributed by atoms with Crippen LogP contribution < -0.4 is 20.2 Å². The molecule has 0 saturated carbocycles. The van der Waals surface area contributed by atoms with Gasteiger partial charge in [0.1, 0.15) is 8.07 Å². The highest BCUT2D eigenvalue weighted by atomic mass is 28.3. The van der Waals surface area contributed by atoms with E-state index in [0.29, 0.717) is 0 Å².